The van der Waals surface area contributed by atoms with E-state index in [1.807, 2.05) is 30.9 Å². The van der Waals surface area contributed by atoms with Gasteiger partial charge >= 0.3 is 6.03 Å². The predicted molar refractivity (Wildman–Crippen MR) is 122 cm³/mol. The Hall–Kier alpha value is -2.45. The van der Waals surface area contributed by atoms with Gasteiger partial charge in [0.1, 0.15) is 5.54 Å². The third-order valence-electron chi connectivity index (χ3n) is 7.69. The molecule has 5 rings (SSSR count). The van der Waals surface area contributed by atoms with Crippen LogP contribution in [0.4, 0.5) is 4.79 Å². The van der Waals surface area contributed by atoms with Crippen LogP contribution in [-0.2, 0) is 27.2 Å². The maximum absolute atomic E-state index is 13.4. The predicted octanol–water partition coefficient (Wildman–Crippen LogP) is 1.77. The molecule has 3 fully saturated rings. The lowest BCUT2D eigenvalue weighted by Crippen LogP contribution is -2.53. The van der Waals surface area contributed by atoms with Crippen LogP contribution in [0.2, 0.25) is 0 Å². The van der Waals surface area contributed by atoms with Crippen molar-refractivity contribution in [2.45, 2.75) is 63.7 Å². The third kappa shape index (κ3) is 4.26. The largest absolute Gasteiger partial charge is 0.372 e. The molecule has 3 atom stereocenters. The van der Waals surface area contributed by atoms with E-state index < -0.39 is 5.54 Å². The molecule has 4 aliphatic rings. The van der Waals surface area contributed by atoms with Crippen LogP contribution in [0.15, 0.2) is 24.3 Å². The van der Waals surface area contributed by atoms with Gasteiger partial charge in [-0.1, -0.05) is 24.3 Å². The number of morpholine rings is 1. The molecule has 0 saturated carbocycles. The standard InChI is InChI=1S/C25H34N4O4/c1-17-14-28(15-18(2)33-17)22(30)20-8-11-27(12-9-20)16-29-23(31)25(26-24(29)32)10-7-19-5-3-4-6-21(19)13-25/h3-6,17-18,20H,7-16H2,1-2H3,(H,26,32). The van der Waals surface area contributed by atoms with E-state index in [0.717, 1.165) is 24.8 Å². The number of aryl methyl sites for hydroxylation is 1. The van der Waals surface area contributed by atoms with E-state index in [4.69, 9.17) is 4.74 Å². The highest BCUT2D eigenvalue weighted by Crippen LogP contribution is 2.34. The molecule has 1 aliphatic carbocycles. The van der Waals surface area contributed by atoms with Gasteiger partial charge in [-0.3, -0.25) is 14.5 Å². The highest BCUT2D eigenvalue weighted by Gasteiger charge is 2.52. The van der Waals surface area contributed by atoms with E-state index in [9.17, 15) is 14.4 Å². The Balaban J connectivity index is 1.17. The van der Waals surface area contributed by atoms with E-state index in [0.29, 0.717) is 45.7 Å². The number of piperidine rings is 1. The summed E-state index contributed by atoms with van der Waals surface area (Å²) in [6, 6.07) is 7.86. The average molecular weight is 455 g/mol. The summed E-state index contributed by atoms with van der Waals surface area (Å²) in [5.74, 6) is 0.103. The molecule has 4 amide bonds. The van der Waals surface area contributed by atoms with Crippen LogP contribution < -0.4 is 5.32 Å². The fourth-order valence-corrected chi connectivity index (χ4v) is 5.97. The summed E-state index contributed by atoms with van der Waals surface area (Å²) in [6.45, 7) is 7.02. The second-order valence-electron chi connectivity index (χ2n) is 10.2. The van der Waals surface area contributed by atoms with Crippen molar-refractivity contribution in [3.63, 3.8) is 0 Å². The second kappa shape index (κ2) is 8.72. The Kier molecular flexibility index (Phi) is 5.91. The van der Waals surface area contributed by atoms with E-state index >= 15 is 0 Å². The van der Waals surface area contributed by atoms with Crippen molar-refractivity contribution in [1.82, 2.24) is 20.0 Å². The monoisotopic (exact) mass is 454 g/mol. The molecular weight excluding hydrogens is 420 g/mol. The summed E-state index contributed by atoms with van der Waals surface area (Å²) < 4.78 is 5.75. The SMILES string of the molecule is CC1CN(C(=O)C2CCN(CN3C(=O)NC4(CCc5ccccc5C4)C3=O)CC2)CC(C)O1. The molecule has 8 nitrogen and oxygen atoms in total. The Morgan fingerprint density at radius 1 is 1.09 bits per heavy atom. The number of hydrogen-bond acceptors (Lipinski definition) is 5. The number of carbonyl (C=O) groups excluding carboxylic acids is 3. The summed E-state index contributed by atoms with van der Waals surface area (Å²) in [6.07, 6.45) is 3.62. The lowest BCUT2D eigenvalue weighted by atomic mass is 9.78. The molecular formula is C25H34N4O4. The number of benzene rings is 1. The first kappa shape index (κ1) is 22.3. The van der Waals surface area contributed by atoms with Crippen molar-refractivity contribution in [2.75, 3.05) is 32.8 Å². The molecule has 0 radical (unpaired) electrons. The summed E-state index contributed by atoms with van der Waals surface area (Å²) in [4.78, 5) is 44.6. The number of likely N-dealkylation sites (tertiary alicyclic amines) is 1. The highest BCUT2D eigenvalue weighted by atomic mass is 16.5. The Morgan fingerprint density at radius 2 is 1.76 bits per heavy atom. The zero-order valence-electron chi connectivity index (χ0n) is 19.6. The zero-order valence-corrected chi connectivity index (χ0v) is 19.6. The highest BCUT2D eigenvalue weighted by molar-refractivity contribution is 6.07. The summed E-state index contributed by atoms with van der Waals surface area (Å²) in [5, 5.41) is 3.02. The molecule has 1 aromatic carbocycles. The molecule has 1 aromatic rings. The Bertz CT molecular complexity index is 934. The van der Waals surface area contributed by atoms with Gasteiger partial charge in [0.2, 0.25) is 5.91 Å². The van der Waals surface area contributed by atoms with Gasteiger partial charge in [-0.2, -0.15) is 0 Å². The summed E-state index contributed by atoms with van der Waals surface area (Å²) >= 11 is 0. The minimum atomic E-state index is -0.816. The fraction of sp³-hybridized carbons (Fsp3) is 0.640. The number of hydrogen-bond donors (Lipinski definition) is 1. The number of fused-ring (bicyclic) bond motifs is 1. The number of nitrogens with one attached hydrogen (secondary N) is 1. The fourth-order valence-electron chi connectivity index (χ4n) is 5.97. The molecule has 8 heteroatoms. The number of urea groups is 1. The first-order valence-electron chi connectivity index (χ1n) is 12.2. The second-order valence-corrected chi connectivity index (χ2v) is 10.2. The van der Waals surface area contributed by atoms with Crippen LogP contribution in [0, 0.1) is 5.92 Å². The molecule has 3 saturated heterocycles. The number of amides is 4. The number of imide groups is 1. The average Bonchev–Trinajstić information content (AvgIpc) is 3.02. The van der Waals surface area contributed by atoms with Crippen LogP contribution in [0.3, 0.4) is 0 Å². The van der Waals surface area contributed by atoms with Crippen molar-refractivity contribution in [2.24, 2.45) is 5.92 Å². The first-order chi connectivity index (χ1) is 15.8. The minimum Gasteiger partial charge on any atom is -0.372 e. The van der Waals surface area contributed by atoms with Gasteiger partial charge in [0.25, 0.3) is 5.91 Å². The van der Waals surface area contributed by atoms with Crippen LogP contribution in [-0.4, -0.2) is 83.1 Å². The number of nitrogens with zero attached hydrogens (tertiary/aromatic N) is 3. The molecule has 33 heavy (non-hydrogen) atoms. The maximum Gasteiger partial charge on any atom is 0.326 e. The lowest BCUT2D eigenvalue weighted by molar-refractivity contribution is -0.149. The van der Waals surface area contributed by atoms with E-state index in [1.165, 1.54) is 10.5 Å². The van der Waals surface area contributed by atoms with Gasteiger partial charge in [-0.25, -0.2) is 9.69 Å². The van der Waals surface area contributed by atoms with Gasteiger partial charge in [0.15, 0.2) is 0 Å². The van der Waals surface area contributed by atoms with Crippen LogP contribution in [0.5, 0.6) is 0 Å². The topological polar surface area (TPSA) is 82.2 Å². The summed E-state index contributed by atoms with van der Waals surface area (Å²) in [5.41, 5.74) is 1.59. The smallest absolute Gasteiger partial charge is 0.326 e. The molecule has 1 N–H and O–H groups in total. The first-order valence-corrected chi connectivity index (χ1v) is 12.2. The Labute approximate surface area is 195 Å². The lowest BCUT2D eigenvalue weighted by Gasteiger charge is -2.39. The molecule has 178 valence electrons. The van der Waals surface area contributed by atoms with Crippen molar-refractivity contribution >= 4 is 17.8 Å². The van der Waals surface area contributed by atoms with E-state index in [-0.39, 0.29) is 36.0 Å². The van der Waals surface area contributed by atoms with Crippen LogP contribution in [0.1, 0.15) is 44.2 Å². The molecule has 0 bridgehead atoms. The number of rotatable bonds is 3. The number of ether oxygens (including phenoxy) is 1. The van der Waals surface area contributed by atoms with Crippen molar-refractivity contribution in [3.8, 4) is 0 Å². The van der Waals surface area contributed by atoms with Gasteiger partial charge in [0.05, 0.1) is 18.9 Å². The van der Waals surface area contributed by atoms with Gasteiger partial charge in [0, 0.05) is 38.5 Å². The molecule has 0 aromatic heterocycles. The normalized spacial score (nSPS) is 31.1. The maximum atomic E-state index is 13.4. The third-order valence-corrected chi connectivity index (χ3v) is 7.69. The van der Waals surface area contributed by atoms with E-state index in [2.05, 4.69) is 22.3 Å². The molecule has 3 unspecified atom stereocenters. The zero-order chi connectivity index (χ0) is 23.2. The number of carbonyl (C=O) groups is 3. The van der Waals surface area contributed by atoms with Gasteiger partial charge in [-0.05, 0) is 50.7 Å². The van der Waals surface area contributed by atoms with Crippen molar-refractivity contribution in [1.29, 1.82) is 0 Å². The quantitative estimate of drug-likeness (QED) is 0.704. The van der Waals surface area contributed by atoms with Gasteiger partial charge in [-0.15, -0.1) is 0 Å². The van der Waals surface area contributed by atoms with Crippen molar-refractivity contribution < 1.29 is 19.1 Å². The summed E-state index contributed by atoms with van der Waals surface area (Å²) in [7, 11) is 0. The molecule has 3 heterocycles. The molecule has 3 aliphatic heterocycles. The Morgan fingerprint density at radius 3 is 2.45 bits per heavy atom. The van der Waals surface area contributed by atoms with E-state index in [1.54, 1.807) is 0 Å². The van der Waals surface area contributed by atoms with Gasteiger partial charge < -0.3 is 15.0 Å². The van der Waals surface area contributed by atoms with Crippen molar-refractivity contribution in [3.05, 3.63) is 35.4 Å². The van der Waals surface area contributed by atoms with Crippen LogP contribution in [0.25, 0.3) is 0 Å². The minimum absolute atomic E-state index is 0.00282. The molecule has 1 spiro atoms. The van der Waals surface area contributed by atoms with Crippen LogP contribution >= 0.6 is 0 Å².